The molecule has 0 spiro atoms. The minimum atomic E-state index is 0.0570. The van der Waals surface area contributed by atoms with Gasteiger partial charge in [-0.15, -0.1) is 6.58 Å². The number of ether oxygens (including phenoxy) is 3. The van der Waals surface area contributed by atoms with Crippen LogP contribution in [0, 0.1) is 0 Å². The fraction of sp³-hybridized carbons (Fsp3) is 0.211. The average molecular weight is 310 g/mol. The quantitative estimate of drug-likeness (QED) is 0.599. The van der Waals surface area contributed by atoms with Gasteiger partial charge in [-0.05, 0) is 25.0 Å². The van der Waals surface area contributed by atoms with E-state index in [0.717, 1.165) is 22.6 Å². The molecule has 1 heterocycles. The maximum Gasteiger partial charge on any atom is 0.231 e. The highest BCUT2D eigenvalue weighted by Crippen LogP contribution is 2.38. The summed E-state index contributed by atoms with van der Waals surface area (Å²) in [6.45, 7) is 5.98. The van der Waals surface area contributed by atoms with E-state index in [4.69, 9.17) is 14.2 Å². The van der Waals surface area contributed by atoms with Crippen molar-refractivity contribution in [2.75, 3.05) is 6.79 Å². The molecule has 0 saturated heterocycles. The Morgan fingerprint density at radius 1 is 1.22 bits per heavy atom. The van der Waals surface area contributed by atoms with Crippen LogP contribution in [0.3, 0.4) is 0 Å². The molecule has 2 aromatic rings. The van der Waals surface area contributed by atoms with E-state index in [1.807, 2.05) is 42.5 Å². The zero-order valence-electron chi connectivity index (χ0n) is 13.0. The highest BCUT2D eigenvalue weighted by Gasteiger charge is 2.17. The largest absolute Gasteiger partial charge is 0.488 e. The molecular formula is C19H18O4. The van der Waals surface area contributed by atoms with Crippen molar-refractivity contribution in [2.24, 2.45) is 0 Å². The van der Waals surface area contributed by atoms with E-state index in [1.165, 1.54) is 0 Å². The highest BCUT2D eigenvalue weighted by atomic mass is 16.7. The smallest absolute Gasteiger partial charge is 0.231 e. The molecule has 0 bridgehead atoms. The van der Waals surface area contributed by atoms with E-state index in [-0.39, 0.29) is 12.6 Å². The molecule has 3 rings (SSSR count). The van der Waals surface area contributed by atoms with Gasteiger partial charge < -0.3 is 14.2 Å². The SMILES string of the molecule is C=CCc1cc2c(cc1OCc1ccc(C(C)=O)cc1)OCO2. The number of ketones is 1. The molecule has 0 amide bonds. The van der Waals surface area contributed by atoms with Crippen LogP contribution < -0.4 is 14.2 Å². The van der Waals surface area contributed by atoms with E-state index < -0.39 is 0 Å². The molecule has 1 aliphatic heterocycles. The van der Waals surface area contributed by atoms with Gasteiger partial charge in [0.15, 0.2) is 17.3 Å². The van der Waals surface area contributed by atoms with E-state index in [2.05, 4.69) is 6.58 Å². The molecule has 0 saturated carbocycles. The summed E-state index contributed by atoms with van der Waals surface area (Å²) in [4.78, 5) is 11.3. The molecule has 4 nitrogen and oxygen atoms in total. The van der Waals surface area contributed by atoms with Crippen molar-refractivity contribution in [3.05, 3.63) is 65.7 Å². The van der Waals surface area contributed by atoms with Crippen LogP contribution in [-0.4, -0.2) is 12.6 Å². The maximum absolute atomic E-state index is 11.3. The number of carbonyl (C=O) groups is 1. The van der Waals surface area contributed by atoms with Gasteiger partial charge in [-0.2, -0.15) is 0 Å². The molecule has 0 unspecified atom stereocenters. The summed E-state index contributed by atoms with van der Waals surface area (Å²) < 4.78 is 16.7. The van der Waals surface area contributed by atoms with Crippen LogP contribution >= 0.6 is 0 Å². The van der Waals surface area contributed by atoms with Crippen molar-refractivity contribution in [3.63, 3.8) is 0 Å². The van der Waals surface area contributed by atoms with Gasteiger partial charge in [-0.1, -0.05) is 30.3 Å². The fourth-order valence-electron chi connectivity index (χ4n) is 2.41. The molecule has 0 fully saturated rings. The van der Waals surface area contributed by atoms with E-state index in [9.17, 15) is 4.79 Å². The summed E-state index contributed by atoms with van der Waals surface area (Å²) in [7, 11) is 0. The Labute approximate surface area is 135 Å². The van der Waals surface area contributed by atoms with Gasteiger partial charge in [0, 0.05) is 17.2 Å². The minimum absolute atomic E-state index is 0.0570. The van der Waals surface area contributed by atoms with Crippen LogP contribution in [0.25, 0.3) is 0 Å². The minimum Gasteiger partial charge on any atom is -0.488 e. The molecular weight excluding hydrogens is 292 g/mol. The van der Waals surface area contributed by atoms with Crippen LogP contribution in [-0.2, 0) is 13.0 Å². The van der Waals surface area contributed by atoms with Crippen molar-refractivity contribution in [2.45, 2.75) is 20.0 Å². The molecule has 0 radical (unpaired) electrons. The topological polar surface area (TPSA) is 44.8 Å². The lowest BCUT2D eigenvalue weighted by atomic mass is 10.1. The van der Waals surface area contributed by atoms with Gasteiger partial charge in [0.05, 0.1) is 0 Å². The molecule has 0 atom stereocenters. The summed E-state index contributed by atoms with van der Waals surface area (Å²) in [5.41, 5.74) is 2.70. The third kappa shape index (κ3) is 3.37. The van der Waals surface area contributed by atoms with Gasteiger partial charge in [-0.25, -0.2) is 0 Å². The first kappa shape index (κ1) is 15.2. The standard InChI is InChI=1S/C19H18O4/c1-3-4-16-9-18-19(23-12-22-18)10-17(16)21-11-14-5-7-15(8-6-14)13(2)20/h3,5-10H,1,4,11-12H2,2H3. The van der Waals surface area contributed by atoms with Crippen molar-refractivity contribution < 1.29 is 19.0 Å². The van der Waals surface area contributed by atoms with Crippen molar-refractivity contribution in [1.82, 2.24) is 0 Å². The van der Waals surface area contributed by atoms with Gasteiger partial charge in [0.2, 0.25) is 6.79 Å². The molecule has 0 aliphatic carbocycles. The average Bonchev–Trinajstić information content (AvgIpc) is 3.00. The lowest BCUT2D eigenvalue weighted by Crippen LogP contribution is -2.00. The number of Topliss-reactive ketones (excluding diaryl/α,β-unsaturated/α-hetero) is 1. The Kier molecular flexibility index (Phi) is 4.33. The number of hydrogen-bond acceptors (Lipinski definition) is 4. The Morgan fingerprint density at radius 3 is 2.57 bits per heavy atom. The van der Waals surface area contributed by atoms with Crippen LogP contribution in [0.1, 0.15) is 28.4 Å². The summed E-state index contributed by atoms with van der Waals surface area (Å²) in [5, 5.41) is 0. The second-order valence-electron chi connectivity index (χ2n) is 5.35. The van der Waals surface area contributed by atoms with Crippen LogP contribution in [0.15, 0.2) is 49.1 Å². The molecule has 1 aliphatic rings. The number of hydrogen-bond donors (Lipinski definition) is 0. The predicted molar refractivity (Wildman–Crippen MR) is 87.2 cm³/mol. The number of rotatable bonds is 6. The third-order valence-corrected chi connectivity index (χ3v) is 3.67. The molecule has 4 heteroatoms. The first-order chi connectivity index (χ1) is 11.2. The number of allylic oxidation sites excluding steroid dienone is 1. The zero-order valence-corrected chi connectivity index (χ0v) is 13.0. The summed E-state index contributed by atoms with van der Waals surface area (Å²) in [5.74, 6) is 2.24. The molecule has 0 aromatic heterocycles. The lowest BCUT2D eigenvalue weighted by Gasteiger charge is -2.12. The molecule has 23 heavy (non-hydrogen) atoms. The lowest BCUT2D eigenvalue weighted by molar-refractivity contribution is 0.101. The maximum atomic E-state index is 11.3. The van der Waals surface area contributed by atoms with Gasteiger partial charge in [0.25, 0.3) is 0 Å². The number of fused-ring (bicyclic) bond motifs is 1. The fourth-order valence-corrected chi connectivity index (χ4v) is 2.41. The van der Waals surface area contributed by atoms with Crippen molar-refractivity contribution in [3.8, 4) is 17.2 Å². The van der Waals surface area contributed by atoms with E-state index in [1.54, 1.807) is 6.92 Å². The third-order valence-electron chi connectivity index (χ3n) is 3.67. The first-order valence-electron chi connectivity index (χ1n) is 7.43. The molecule has 0 N–H and O–H groups in total. The van der Waals surface area contributed by atoms with Crippen LogP contribution in [0.4, 0.5) is 0 Å². The number of carbonyl (C=O) groups excluding carboxylic acids is 1. The molecule has 2 aromatic carbocycles. The van der Waals surface area contributed by atoms with Crippen molar-refractivity contribution >= 4 is 5.78 Å². The van der Waals surface area contributed by atoms with Gasteiger partial charge in [-0.3, -0.25) is 4.79 Å². The first-order valence-corrected chi connectivity index (χ1v) is 7.43. The van der Waals surface area contributed by atoms with Crippen molar-refractivity contribution in [1.29, 1.82) is 0 Å². The van der Waals surface area contributed by atoms with Crippen LogP contribution in [0.2, 0.25) is 0 Å². The monoisotopic (exact) mass is 310 g/mol. The van der Waals surface area contributed by atoms with E-state index >= 15 is 0 Å². The Hall–Kier alpha value is -2.75. The summed E-state index contributed by atoms with van der Waals surface area (Å²) in [6, 6.07) is 11.2. The second-order valence-corrected chi connectivity index (χ2v) is 5.35. The normalized spacial score (nSPS) is 12.0. The highest BCUT2D eigenvalue weighted by molar-refractivity contribution is 5.93. The Balaban J connectivity index is 1.76. The number of benzene rings is 2. The Bertz CT molecular complexity index is 732. The second kappa shape index (κ2) is 6.57. The van der Waals surface area contributed by atoms with Gasteiger partial charge in [0.1, 0.15) is 12.4 Å². The summed E-state index contributed by atoms with van der Waals surface area (Å²) >= 11 is 0. The van der Waals surface area contributed by atoms with E-state index in [0.29, 0.717) is 24.3 Å². The Morgan fingerprint density at radius 2 is 1.91 bits per heavy atom. The van der Waals surface area contributed by atoms with Crippen LogP contribution in [0.5, 0.6) is 17.2 Å². The predicted octanol–water partition coefficient (Wildman–Crippen LogP) is 3.93. The van der Waals surface area contributed by atoms with Gasteiger partial charge >= 0.3 is 0 Å². The summed E-state index contributed by atoms with van der Waals surface area (Å²) in [6.07, 6.45) is 2.52. The molecule has 118 valence electrons. The zero-order chi connectivity index (χ0) is 16.2.